The van der Waals surface area contributed by atoms with E-state index in [0.717, 1.165) is 25.7 Å². The van der Waals surface area contributed by atoms with E-state index in [9.17, 15) is 14.3 Å². The van der Waals surface area contributed by atoms with Crippen molar-refractivity contribution in [2.24, 2.45) is 0 Å². The molecule has 0 amide bonds. The summed E-state index contributed by atoms with van der Waals surface area (Å²) in [6.45, 7) is 5.11. The van der Waals surface area contributed by atoms with Crippen molar-refractivity contribution in [2.75, 3.05) is 54.1 Å². The van der Waals surface area contributed by atoms with Gasteiger partial charge in [0.1, 0.15) is 19.3 Å². The minimum absolute atomic E-state index is 0.0254. The van der Waals surface area contributed by atoms with Gasteiger partial charge in [-0.1, -0.05) is 77.4 Å². The second kappa shape index (κ2) is 24.1. The first kappa shape index (κ1) is 37.2. The number of likely N-dealkylation sites (N-methyl/N-ethyl adjacent to an activating group) is 1. The highest BCUT2D eigenvalue weighted by atomic mass is 31.2. The van der Waals surface area contributed by atoms with Crippen LogP contribution in [-0.2, 0) is 27.9 Å². The van der Waals surface area contributed by atoms with Crippen molar-refractivity contribution in [3.63, 3.8) is 0 Å². The monoisotopic (exact) mass is 563 g/mol. The van der Waals surface area contributed by atoms with E-state index in [1.54, 1.807) is 0 Å². The van der Waals surface area contributed by atoms with E-state index >= 15 is 0 Å². The first-order chi connectivity index (χ1) is 18.1. The van der Waals surface area contributed by atoms with E-state index in [1.807, 2.05) is 28.1 Å². The predicted molar refractivity (Wildman–Crippen MR) is 153 cm³/mol. The van der Waals surface area contributed by atoms with Crippen LogP contribution < -0.4 is 4.89 Å². The van der Waals surface area contributed by atoms with E-state index in [-0.39, 0.29) is 32.2 Å². The number of carbonyl (C=O) groups is 1. The molecule has 0 aliphatic heterocycles. The fourth-order valence-corrected chi connectivity index (χ4v) is 4.36. The zero-order chi connectivity index (χ0) is 28.5. The Kier molecular flexibility index (Phi) is 23.6. The summed E-state index contributed by atoms with van der Waals surface area (Å²) in [5, 5.41) is 0. The fraction of sp³-hybridized carbons (Fsp3) is 0.897. The highest BCUT2D eigenvalue weighted by molar-refractivity contribution is 7.45. The molecule has 2 unspecified atom stereocenters. The van der Waals surface area contributed by atoms with Crippen LogP contribution in [0.25, 0.3) is 0 Å². The van der Waals surface area contributed by atoms with Crippen molar-refractivity contribution in [3.8, 4) is 0 Å². The molecule has 0 aliphatic carbocycles. The first-order valence-corrected chi connectivity index (χ1v) is 16.4. The van der Waals surface area contributed by atoms with E-state index in [4.69, 9.17) is 18.5 Å². The molecule has 0 aromatic rings. The molecule has 0 aliphatic rings. The molecule has 0 saturated carbocycles. The average molecular weight is 564 g/mol. The maximum atomic E-state index is 12.1. The second-order valence-corrected chi connectivity index (χ2v) is 12.5. The summed E-state index contributed by atoms with van der Waals surface area (Å²) < 4.78 is 33.7. The Bertz CT molecular complexity index is 637. The van der Waals surface area contributed by atoms with Crippen LogP contribution in [-0.4, -0.2) is 70.7 Å². The van der Waals surface area contributed by atoms with Crippen LogP contribution in [0.1, 0.15) is 110 Å². The number of rotatable bonds is 27. The van der Waals surface area contributed by atoms with Gasteiger partial charge in [-0.15, -0.1) is 0 Å². The van der Waals surface area contributed by atoms with Gasteiger partial charge in [-0.05, 0) is 38.5 Å². The van der Waals surface area contributed by atoms with Crippen LogP contribution in [0.2, 0.25) is 0 Å². The number of quaternary nitrogens is 1. The lowest BCUT2D eigenvalue weighted by Gasteiger charge is -2.28. The van der Waals surface area contributed by atoms with Gasteiger partial charge in [0.05, 0.1) is 34.4 Å². The van der Waals surface area contributed by atoms with Gasteiger partial charge in [-0.2, -0.15) is 0 Å². The Hall–Kier alpha value is -0.760. The van der Waals surface area contributed by atoms with Gasteiger partial charge in [-0.3, -0.25) is 9.36 Å². The molecule has 0 saturated heterocycles. The minimum atomic E-state index is -4.48. The number of phosphoric acid groups is 1. The summed E-state index contributed by atoms with van der Waals surface area (Å²) in [5.74, 6) is -0.373. The van der Waals surface area contributed by atoms with Gasteiger partial charge in [0, 0.05) is 13.0 Å². The Labute approximate surface area is 233 Å². The van der Waals surface area contributed by atoms with Crippen molar-refractivity contribution in [2.45, 2.75) is 116 Å². The zero-order valence-electron chi connectivity index (χ0n) is 25.1. The third-order valence-corrected chi connectivity index (χ3v) is 7.03. The van der Waals surface area contributed by atoms with E-state index in [1.165, 1.54) is 64.2 Å². The Morgan fingerprint density at radius 3 is 1.97 bits per heavy atom. The van der Waals surface area contributed by atoms with Crippen LogP contribution in [0.3, 0.4) is 0 Å². The van der Waals surface area contributed by atoms with Gasteiger partial charge in [-0.25, -0.2) is 0 Å². The highest BCUT2D eigenvalue weighted by Crippen LogP contribution is 2.38. The van der Waals surface area contributed by atoms with Crippen LogP contribution in [0.15, 0.2) is 12.2 Å². The maximum Gasteiger partial charge on any atom is 0.306 e. The third kappa shape index (κ3) is 26.8. The molecular weight excluding hydrogens is 505 g/mol. The number of hydrogen-bond donors (Lipinski definition) is 0. The maximum absolute atomic E-state index is 12.1. The number of esters is 1. The third-order valence-electron chi connectivity index (χ3n) is 6.07. The van der Waals surface area contributed by atoms with Gasteiger partial charge < -0.3 is 27.9 Å². The van der Waals surface area contributed by atoms with Crippen LogP contribution in [0.4, 0.5) is 0 Å². The molecule has 0 radical (unpaired) electrons. The molecule has 0 rings (SSSR count). The molecular formula is C29H58NO7P. The topological polar surface area (TPSA) is 94.1 Å². The molecule has 0 aromatic carbocycles. The molecule has 2 atom stereocenters. The molecule has 0 N–H and O–H groups in total. The number of carbonyl (C=O) groups excluding carboxylic acids is 1. The minimum Gasteiger partial charge on any atom is -0.756 e. The van der Waals surface area contributed by atoms with Gasteiger partial charge in [0.15, 0.2) is 0 Å². The molecule has 0 spiro atoms. The Balaban J connectivity index is 4.09. The molecule has 8 nitrogen and oxygen atoms in total. The number of nitrogens with zero attached hydrogens (tertiary/aromatic N) is 1. The largest absolute Gasteiger partial charge is 0.756 e. The summed E-state index contributed by atoms with van der Waals surface area (Å²) >= 11 is 0. The van der Waals surface area contributed by atoms with E-state index < -0.39 is 13.9 Å². The summed E-state index contributed by atoms with van der Waals surface area (Å²) in [7, 11) is 1.35. The molecule has 0 fully saturated rings. The smallest absolute Gasteiger partial charge is 0.306 e. The SMILES string of the molecule is CCCCCC/C=C\CCCCCCCCOCC(COP(=O)([O-])OCC[N+](C)(C)C)OC(=O)CCCC. The number of allylic oxidation sites excluding steroid dienone is 2. The normalized spacial score (nSPS) is 14.6. The Morgan fingerprint density at radius 1 is 0.789 bits per heavy atom. The second-order valence-electron chi connectivity index (χ2n) is 11.1. The molecule has 0 aromatic heterocycles. The number of hydrogen-bond acceptors (Lipinski definition) is 7. The average Bonchev–Trinajstić information content (AvgIpc) is 2.84. The Morgan fingerprint density at radius 2 is 1.37 bits per heavy atom. The summed E-state index contributed by atoms with van der Waals surface area (Å²) in [6.07, 6.45) is 20.3. The van der Waals surface area contributed by atoms with Crippen molar-refractivity contribution < 1.29 is 37.3 Å². The van der Waals surface area contributed by atoms with E-state index in [0.29, 0.717) is 17.6 Å². The van der Waals surface area contributed by atoms with Crippen molar-refractivity contribution in [1.29, 1.82) is 0 Å². The first-order valence-electron chi connectivity index (χ1n) is 14.9. The highest BCUT2D eigenvalue weighted by Gasteiger charge is 2.20. The lowest BCUT2D eigenvalue weighted by molar-refractivity contribution is -0.870. The van der Waals surface area contributed by atoms with Gasteiger partial charge in [0.2, 0.25) is 0 Å². The lowest BCUT2D eigenvalue weighted by atomic mass is 10.1. The van der Waals surface area contributed by atoms with Crippen molar-refractivity contribution >= 4 is 13.8 Å². The molecule has 9 heteroatoms. The van der Waals surface area contributed by atoms with E-state index in [2.05, 4.69) is 19.1 Å². The standard InChI is InChI=1S/C29H58NO7P/c1-6-8-10-11-12-13-14-15-16-17-18-19-20-21-24-34-26-28(37-29(31)22-9-7-2)27-36-38(32,33)35-25-23-30(3,4)5/h13-14,28H,6-12,15-27H2,1-5H3/b14-13-. The van der Waals surface area contributed by atoms with Crippen molar-refractivity contribution in [3.05, 3.63) is 12.2 Å². The van der Waals surface area contributed by atoms with Crippen LogP contribution in [0.5, 0.6) is 0 Å². The number of ether oxygens (including phenoxy) is 2. The summed E-state index contributed by atoms with van der Waals surface area (Å²) in [4.78, 5) is 24.2. The van der Waals surface area contributed by atoms with Gasteiger partial charge in [0.25, 0.3) is 7.82 Å². The number of unbranched alkanes of at least 4 members (excludes halogenated alkanes) is 11. The fourth-order valence-electron chi connectivity index (χ4n) is 3.63. The summed E-state index contributed by atoms with van der Waals surface area (Å²) in [5.41, 5.74) is 0. The molecule has 38 heavy (non-hydrogen) atoms. The predicted octanol–water partition coefficient (Wildman–Crippen LogP) is 6.57. The zero-order valence-corrected chi connectivity index (χ0v) is 26.0. The van der Waals surface area contributed by atoms with Crippen molar-refractivity contribution in [1.82, 2.24) is 0 Å². The lowest BCUT2D eigenvalue weighted by Crippen LogP contribution is -2.37. The number of phosphoric ester groups is 1. The van der Waals surface area contributed by atoms with Gasteiger partial charge >= 0.3 is 5.97 Å². The van der Waals surface area contributed by atoms with Crippen LogP contribution in [0, 0.1) is 0 Å². The molecule has 0 bridgehead atoms. The molecule has 0 heterocycles. The quantitative estimate of drug-likeness (QED) is 0.0367. The van der Waals surface area contributed by atoms with Crippen LogP contribution >= 0.6 is 7.82 Å². The molecule has 226 valence electrons. The summed E-state index contributed by atoms with van der Waals surface area (Å²) in [6, 6.07) is 0.